The molecule has 25 heavy (non-hydrogen) atoms. The van der Waals surface area contributed by atoms with E-state index in [0.29, 0.717) is 4.38 Å². The van der Waals surface area contributed by atoms with Crippen molar-refractivity contribution in [2.45, 2.75) is 19.6 Å². The molecular weight excluding hydrogens is 390 g/mol. The SMILES string of the molecule is CCOP(=O)(OCC)C(N=C1SCCS1)c1cc(F)ccc1[N+](=O)[O-]. The number of hydrogen-bond donors (Lipinski definition) is 0. The summed E-state index contributed by atoms with van der Waals surface area (Å²) in [6.45, 7) is 3.41. The number of halogens is 1. The van der Waals surface area contributed by atoms with Gasteiger partial charge in [-0.15, -0.1) is 0 Å². The van der Waals surface area contributed by atoms with Crippen LogP contribution in [-0.4, -0.2) is 34.0 Å². The van der Waals surface area contributed by atoms with E-state index in [9.17, 15) is 19.1 Å². The smallest absolute Gasteiger partial charge is 0.307 e. The summed E-state index contributed by atoms with van der Waals surface area (Å²) < 4.78 is 38.4. The molecule has 7 nitrogen and oxygen atoms in total. The third kappa shape index (κ3) is 5.04. The number of nitro benzene ring substituents is 1. The van der Waals surface area contributed by atoms with Gasteiger partial charge in [-0.2, -0.15) is 0 Å². The van der Waals surface area contributed by atoms with Crippen LogP contribution in [0.4, 0.5) is 10.1 Å². The van der Waals surface area contributed by atoms with Crippen molar-refractivity contribution in [3.63, 3.8) is 0 Å². The molecule has 2 rings (SSSR count). The maximum atomic E-state index is 13.8. The highest BCUT2D eigenvalue weighted by Crippen LogP contribution is 2.63. The van der Waals surface area contributed by atoms with Crippen molar-refractivity contribution >= 4 is 41.2 Å². The maximum Gasteiger partial charge on any atom is 0.359 e. The molecule has 1 saturated heterocycles. The minimum atomic E-state index is -3.88. The maximum absolute atomic E-state index is 13.8. The fourth-order valence-corrected chi connectivity index (χ4v) is 6.47. The lowest BCUT2D eigenvalue weighted by Gasteiger charge is -2.24. The van der Waals surface area contributed by atoms with Gasteiger partial charge in [0, 0.05) is 17.6 Å². The molecule has 0 amide bonds. The Morgan fingerprint density at radius 3 is 2.44 bits per heavy atom. The van der Waals surface area contributed by atoms with Crippen LogP contribution in [-0.2, 0) is 13.6 Å². The second-order valence-electron chi connectivity index (χ2n) is 4.80. The Kier molecular flexibility index (Phi) is 7.45. The summed E-state index contributed by atoms with van der Waals surface area (Å²) in [5.74, 6) is -0.321. The Labute approximate surface area is 153 Å². The lowest BCUT2D eigenvalue weighted by Crippen LogP contribution is -2.09. The van der Waals surface area contributed by atoms with E-state index in [0.717, 1.165) is 29.7 Å². The zero-order valence-electron chi connectivity index (χ0n) is 13.7. The van der Waals surface area contributed by atoms with Gasteiger partial charge in [-0.1, -0.05) is 23.5 Å². The first-order chi connectivity index (χ1) is 11.9. The van der Waals surface area contributed by atoms with E-state index in [2.05, 4.69) is 4.99 Å². The second kappa shape index (κ2) is 9.14. The third-order valence-electron chi connectivity index (χ3n) is 3.14. The van der Waals surface area contributed by atoms with Crippen molar-refractivity contribution in [3.05, 3.63) is 39.7 Å². The second-order valence-corrected chi connectivity index (χ2v) is 9.31. The van der Waals surface area contributed by atoms with Gasteiger partial charge < -0.3 is 9.05 Å². The Balaban J connectivity index is 2.62. The summed E-state index contributed by atoms with van der Waals surface area (Å²) in [6, 6.07) is 2.99. The summed E-state index contributed by atoms with van der Waals surface area (Å²) in [5, 5.41) is 11.4. The summed E-state index contributed by atoms with van der Waals surface area (Å²) in [5.41, 5.74) is -0.487. The normalized spacial score (nSPS) is 16.0. The third-order valence-corrected chi connectivity index (χ3v) is 7.86. The average molecular weight is 408 g/mol. The van der Waals surface area contributed by atoms with Crippen LogP contribution in [0.2, 0.25) is 0 Å². The molecule has 1 aliphatic heterocycles. The number of rotatable bonds is 8. The predicted molar refractivity (Wildman–Crippen MR) is 99.0 cm³/mol. The van der Waals surface area contributed by atoms with E-state index in [1.807, 2.05) is 0 Å². The quantitative estimate of drug-likeness (QED) is 0.345. The van der Waals surface area contributed by atoms with Gasteiger partial charge in [-0.05, 0) is 26.0 Å². The van der Waals surface area contributed by atoms with E-state index in [4.69, 9.17) is 9.05 Å². The molecule has 11 heteroatoms. The van der Waals surface area contributed by atoms with E-state index in [-0.39, 0.29) is 24.5 Å². The molecular formula is C14H18FN2O5PS2. The lowest BCUT2D eigenvalue weighted by molar-refractivity contribution is -0.385. The van der Waals surface area contributed by atoms with E-state index >= 15 is 0 Å². The topological polar surface area (TPSA) is 91.0 Å². The molecule has 0 aromatic heterocycles. The standard InChI is InChI=1S/C14H18FN2O5PS2/c1-3-21-23(20,22-4-2)13(16-14-24-7-8-25-14)11-9-10(15)5-6-12(11)17(18)19/h5-6,9,13H,3-4,7-8H2,1-2H3. The molecule has 0 saturated carbocycles. The Morgan fingerprint density at radius 2 is 1.92 bits per heavy atom. The Hall–Kier alpha value is -0.930. The summed E-state index contributed by atoms with van der Waals surface area (Å²) in [6.07, 6.45) is 0. The molecule has 1 aliphatic rings. The van der Waals surface area contributed by atoms with Crippen LogP contribution in [0.25, 0.3) is 0 Å². The van der Waals surface area contributed by atoms with Crippen LogP contribution in [0, 0.1) is 15.9 Å². The number of aliphatic imine (C=N–C) groups is 1. The number of benzene rings is 1. The molecule has 0 bridgehead atoms. The molecule has 1 aromatic carbocycles. The Morgan fingerprint density at radius 1 is 1.32 bits per heavy atom. The molecule has 0 spiro atoms. The van der Waals surface area contributed by atoms with Gasteiger partial charge in [-0.25, -0.2) is 4.39 Å². The number of nitrogens with zero attached hydrogens (tertiary/aromatic N) is 2. The predicted octanol–water partition coefficient (Wildman–Crippen LogP) is 4.83. The van der Waals surface area contributed by atoms with Crippen molar-refractivity contribution in [1.82, 2.24) is 0 Å². The van der Waals surface area contributed by atoms with Gasteiger partial charge in [0.05, 0.1) is 23.7 Å². The molecule has 0 aliphatic carbocycles. The minimum absolute atomic E-state index is 0.0715. The Bertz CT molecular complexity index is 700. The molecule has 0 radical (unpaired) electrons. The highest BCUT2D eigenvalue weighted by molar-refractivity contribution is 8.41. The minimum Gasteiger partial charge on any atom is -0.307 e. The van der Waals surface area contributed by atoms with Crippen LogP contribution >= 0.6 is 31.1 Å². The van der Waals surface area contributed by atoms with Crippen LogP contribution in [0.3, 0.4) is 0 Å². The summed E-state index contributed by atoms with van der Waals surface area (Å²) in [4.78, 5) is 15.1. The van der Waals surface area contributed by atoms with Crippen LogP contribution in [0.15, 0.2) is 23.2 Å². The van der Waals surface area contributed by atoms with Gasteiger partial charge in [0.1, 0.15) is 10.2 Å². The molecule has 138 valence electrons. The van der Waals surface area contributed by atoms with Crippen molar-refractivity contribution < 1.29 is 22.9 Å². The number of hydrogen-bond acceptors (Lipinski definition) is 8. The number of thioether (sulfide) groups is 2. The molecule has 1 aromatic rings. The fourth-order valence-electron chi connectivity index (χ4n) is 2.22. The van der Waals surface area contributed by atoms with E-state index < -0.39 is 24.1 Å². The van der Waals surface area contributed by atoms with Crippen molar-refractivity contribution in [3.8, 4) is 0 Å². The van der Waals surface area contributed by atoms with Gasteiger partial charge >= 0.3 is 7.60 Å². The largest absolute Gasteiger partial charge is 0.359 e. The van der Waals surface area contributed by atoms with Gasteiger partial charge in [0.25, 0.3) is 5.69 Å². The fraction of sp³-hybridized carbons (Fsp3) is 0.500. The average Bonchev–Trinajstić information content (AvgIpc) is 3.05. The van der Waals surface area contributed by atoms with Crippen LogP contribution in [0.5, 0.6) is 0 Å². The zero-order valence-corrected chi connectivity index (χ0v) is 16.2. The van der Waals surface area contributed by atoms with Crippen molar-refractivity contribution in [2.24, 2.45) is 4.99 Å². The summed E-state index contributed by atoms with van der Waals surface area (Å²) >= 11 is 2.91. The van der Waals surface area contributed by atoms with Crippen molar-refractivity contribution in [1.29, 1.82) is 0 Å². The molecule has 1 heterocycles. The molecule has 0 N–H and O–H groups in total. The summed E-state index contributed by atoms with van der Waals surface area (Å²) in [7, 11) is -3.88. The van der Waals surface area contributed by atoms with E-state index in [1.165, 1.54) is 23.5 Å². The van der Waals surface area contributed by atoms with Gasteiger partial charge in [-0.3, -0.25) is 19.7 Å². The first-order valence-corrected chi connectivity index (χ1v) is 11.2. The van der Waals surface area contributed by atoms with Crippen LogP contribution < -0.4 is 0 Å². The van der Waals surface area contributed by atoms with Gasteiger partial charge in [0.2, 0.25) is 0 Å². The highest BCUT2D eigenvalue weighted by atomic mass is 32.2. The highest BCUT2D eigenvalue weighted by Gasteiger charge is 2.41. The van der Waals surface area contributed by atoms with Gasteiger partial charge in [0.15, 0.2) is 5.78 Å². The first-order valence-electron chi connectivity index (χ1n) is 7.57. The molecule has 1 unspecified atom stereocenters. The molecule has 1 fully saturated rings. The number of nitro groups is 1. The lowest BCUT2D eigenvalue weighted by atomic mass is 10.1. The van der Waals surface area contributed by atoms with Crippen molar-refractivity contribution in [2.75, 3.05) is 24.7 Å². The first kappa shape index (κ1) is 20.4. The van der Waals surface area contributed by atoms with Crippen LogP contribution in [0.1, 0.15) is 25.2 Å². The van der Waals surface area contributed by atoms with E-state index in [1.54, 1.807) is 13.8 Å². The zero-order chi connectivity index (χ0) is 18.4. The molecule has 1 atom stereocenters. The monoisotopic (exact) mass is 408 g/mol.